The number of likely N-dealkylation sites (tertiary alicyclic amines) is 1. The molecule has 1 aromatic carbocycles. The first-order chi connectivity index (χ1) is 9.78. The van der Waals surface area contributed by atoms with Crippen LogP contribution in [0.25, 0.3) is 11.0 Å². The van der Waals surface area contributed by atoms with E-state index in [1.807, 2.05) is 12.1 Å². The zero-order valence-corrected chi connectivity index (χ0v) is 12.4. The quantitative estimate of drug-likeness (QED) is 0.920. The van der Waals surface area contributed by atoms with Crippen molar-refractivity contribution in [1.82, 2.24) is 14.5 Å². The number of hydrogen-bond acceptors (Lipinski definition) is 3. The summed E-state index contributed by atoms with van der Waals surface area (Å²) in [5.41, 5.74) is 7.85. The molecule has 0 unspecified atom stereocenters. The molecule has 2 heterocycles. The molecule has 0 amide bonds. The lowest BCUT2D eigenvalue weighted by molar-refractivity contribution is 0.322. The number of nitrogens with two attached hydrogens (primary N) is 1. The highest BCUT2D eigenvalue weighted by Gasteiger charge is 2.14. The fourth-order valence-electron chi connectivity index (χ4n) is 2.97. The number of halogens is 1. The van der Waals surface area contributed by atoms with E-state index in [0.717, 1.165) is 41.4 Å². The van der Waals surface area contributed by atoms with Gasteiger partial charge in [-0.25, -0.2) is 4.98 Å². The van der Waals surface area contributed by atoms with Gasteiger partial charge in [-0.05, 0) is 50.7 Å². The smallest absolute Gasteiger partial charge is 0.111 e. The summed E-state index contributed by atoms with van der Waals surface area (Å²) in [6, 6.07) is 5.93. The maximum absolute atomic E-state index is 6.06. The lowest BCUT2D eigenvalue weighted by atomic mass is 10.3. The number of fused-ring (bicyclic) bond motifs is 1. The number of aromatic nitrogens is 2. The minimum absolute atomic E-state index is 0.626. The topological polar surface area (TPSA) is 47.1 Å². The third-order valence-corrected chi connectivity index (χ3v) is 4.23. The zero-order valence-electron chi connectivity index (χ0n) is 11.7. The van der Waals surface area contributed by atoms with Crippen LogP contribution in [0.2, 0.25) is 5.02 Å². The van der Waals surface area contributed by atoms with E-state index < -0.39 is 0 Å². The van der Waals surface area contributed by atoms with E-state index in [2.05, 4.69) is 20.5 Å². The van der Waals surface area contributed by atoms with Gasteiger partial charge in [-0.1, -0.05) is 11.6 Å². The van der Waals surface area contributed by atoms with Crippen molar-refractivity contribution in [1.29, 1.82) is 0 Å². The Morgan fingerprint density at radius 2 is 2.00 bits per heavy atom. The fourth-order valence-corrected chi connectivity index (χ4v) is 3.14. The van der Waals surface area contributed by atoms with Gasteiger partial charge in [0.2, 0.25) is 0 Å². The van der Waals surface area contributed by atoms with Gasteiger partial charge in [-0.3, -0.25) is 0 Å². The maximum Gasteiger partial charge on any atom is 0.111 e. The van der Waals surface area contributed by atoms with Crippen molar-refractivity contribution in [2.24, 2.45) is 5.73 Å². The predicted octanol–water partition coefficient (Wildman–Crippen LogP) is 2.29. The largest absolute Gasteiger partial charge is 0.330 e. The van der Waals surface area contributed by atoms with Gasteiger partial charge >= 0.3 is 0 Å². The van der Waals surface area contributed by atoms with E-state index in [1.54, 1.807) is 0 Å². The highest BCUT2D eigenvalue weighted by Crippen LogP contribution is 2.21. The third kappa shape index (κ3) is 2.82. The van der Waals surface area contributed by atoms with Gasteiger partial charge in [-0.15, -0.1) is 0 Å². The molecule has 0 atom stereocenters. The van der Waals surface area contributed by atoms with E-state index in [4.69, 9.17) is 17.3 Å². The van der Waals surface area contributed by atoms with Crippen LogP contribution in [0.4, 0.5) is 0 Å². The van der Waals surface area contributed by atoms with Crippen LogP contribution in [-0.2, 0) is 13.0 Å². The summed E-state index contributed by atoms with van der Waals surface area (Å²) in [6.07, 6.45) is 3.47. The van der Waals surface area contributed by atoms with Crippen LogP contribution in [0.3, 0.4) is 0 Å². The van der Waals surface area contributed by atoms with E-state index in [9.17, 15) is 0 Å². The van der Waals surface area contributed by atoms with Crippen LogP contribution in [0.1, 0.15) is 18.7 Å². The average molecular weight is 293 g/mol. The molecular formula is C15H21ClN4. The number of benzene rings is 1. The molecule has 1 saturated heterocycles. The Kier molecular flexibility index (Phi) is 4.24. The monoisotopic (exact) mass is 292 g/mol. The Morgan fingerprint density at radius 1 is 1.20 bits per heavy atom. The van der Waals surface area contributed by atoms with Gasteiger partial charge in [0.1, 0.15) is 5.82 Å². The first-order valence-electron chi connectivity index (χ1n) is 7.35. The predicted molar refractivity (Wildman–Crippen MR) is 83.2 cm³/mol. The summed E-state index contributed by atoms with van der Waals surface area (Å²) in [5, 5.41) is 0.737. The normalized spacial score (nSPS) is 16.3. The van der Waals surface area contributed by atoms with Crippen molar-refractivity contribution < 1.29 is 0 Å². The molecule has 3 rings (SSSR count). The Bertz CT molecular complexity index is 587. The summed E-state index contributed by atoms with van der Waals surface area (Å²) in [4.78, 5) is 7.21. The number of rotatable bonds is 5. The van der Waals surface area contributed by atoms with Gasteiger partial charge in [0.05, 0.1) is 11.0 Å². The van der Waals surface area contributed by atoms with Gasteiger partial charge < -0.3 is 15.2 Å². The summed E-state index contributed by atoms with van der Waals surface area (Å²) >= 11 is 6.06. The first-order valence-corrected chi connectivity index (χ1v) is 7.73. The molecule has 0 saturated carbocycles. The van der Waals surface area contributed by atoms with Gasteiger partial charge in [-0.2, -0.15) is 0 Å². The lowest BCUT2D eigenvalue weighted by Gasteiger charge is -2.16. The Hall–Kier alpha value is -1.10. The molecule has 0 bridgehead atoms. The summed E-state index contributed by atoms with van der Waals surface area (Å²) in [6.45, 7) is 5.15. The summed E-state index contributed by atoms with van der Waals surface area (Å²) < 4.78 is 2.30. The average Bonchev–Trinajstić information content (AvgIpc) is 3.04. The van der Waals surface area contributed by atoms with Gasteiger partial charge in [0, 0.05) is 24.5 Å². The SMILES string of the molecule is NCCc1nc2cc(Cl)ccc2n1CCN1CCCC1. The van der Waals surface area contributed by atoms with Crippen molar-refractivity contribution in [3.05, 3.63) is 29.0 Å². The molecular weight excluding hydrogens is 272 g/mol. The Morgan fingerprint density at radius 3 is 2.75 bits per heavy atom. The van der Waals surface area contributed by atoms with Crippen LogP contribution < -0.4 is 5.73 Å². The van der Waals surface area contributed by atoms with E-state index in [0.29, 0.717) is 6.54 Å². The molecule has 2 N–H and O–H groups in total. The zero-order chi connectivity index (χ0) is 13.9. The summed E-state index contributed by atoms with van der Waals surface area (Å²) in [5.74, 6) is 1.07. The highest BCUT2D eigenvalue weighted by atomic mass is 35.5. The van der Waals surface area contributed by atoms with Crippen molar-refractivity contribution in [2.45, 2.75) is 25.8 Å². The van der Waals surface area contributed by atoms with Gasteiger partial charge in [0.15, 0.2) is 0 Å². The minimum atomic E-state index is 0.626. The molecule has 2 aromatic rings. The van der Waals surface area contributed by atoms with E-state index in [1.165, 1.54) is 25.9 Å². The second kappa shape index (κ2) is 6.12. The number of hydrogen-bond donors (Lipinski definition) is 1. The molecule has 4 nitrogen and oxygen atoms in total. The standard InChI is InChI=1S/C15H21ClN4/c16-12-3-4-14-13(11-12)18-15(5-6-17)20(14)10-9-19-7-1-2-8-19/h3-4,11H,1-2,5-10,17H2. The second-order valence-electron chi connectivity index (χ2n) is 5.40. The van der Waals surface area contributed by atoms with E-state index >= 15 is 0 Å². The van der Waals surface area contributed by atoms with Crippen LogP contribution in [0.15, 0.2) is 18.2 Å². The Balaban J connectivity index is 1.87. The molecule has 108 valence electrons. The van der Waals surface area contributed by atoms with Crippen molar-refractivity contribution in [3.63, 3.8) is 0 Å². The van der Waals surface area contributed by atoms with Crippen LogP contribution in [-0.4, -0.2) is 40.6 Å². The molecule has 1 aliphatic rings. The molecule has 20 heavy (non-hydrogen) atoms. The number of nitrogens with zero attached hydrogens (tertiary/aromatic N) is 3. The molecule has 0 radical (unpaired) electrons. The fraction of sp³-hybridized carbons (Fsp3) is 0.533. The minimum Gasteiger partial charge on any atom is -0.330 e. The van der Waals surface area contributed by atoms with Crippen LogP contribution >= 0.6 is 11.6 Å². The van der Waals surface area contributed by atoms with Gasteiger partial charge in [0.25, 0.3) is 0 Å². The number of imidazole rings is 1. The molecule has 1 fully saturated rings. The molecule has 0 spiro atoms. The Labute approximate surface area is 124 Å². The van der Waals surface area contributed by atoms with Crippen molar-refractivity contribution in [2.75, 3.05) is 26.2 Å². The molecule has 0 aliphatic carbocycles. The maximum atomic E-state index is 6.06. The van der Waals surface area contributed by atoms with E-state index in [-0.39, 0.29) is 0 Å². The van der Waals surface area contributed by atoms with Crippen molar-refractivity contribution >= 4 is 22.6 Å². The molecule has 5 heteroatoms. The third-order valence-electron chi connectivity index (χ3n) is 4.00. The molecule has 1 aliphatic heterocycles. The van der Waals surface area contributed by atoms with Crippen LogP contribution in [0, 0.1) is 0 Å². The lowest BCUT2D eigenvalue weighted by Crippen LogP contribution is -2.25. The highest BCUT2D eigenvalue weighted by molar-refractivity contribution is 6.31. The van der Waals surface area contributed by atoms with Crippen molar-refractivity contribution in [3.8, 4) is 0 Å². The second-order valence-corrected chi connectivity index (χ2v) is 5.84. The molecule has 1 aromatic heterocycles. The summed E-state index contributed by atoms with van der Waals surface area (Å²) in [7, 11) is 0. The first kappa shape index (κ1) is 13.9. The van der Waals surface area contributed by atoms with Crippen LogP contribution in [0.5, 0.6) is 0 Å².